The number of nitrogens with zero attached hydrogens (tertiary/aromatic N) is 1. The van der Waals surface area contributed by atoms with Gasteiger partial charge in [0.25, 0.3) is 0 Å². The third-order valence-corrected chi connectivity index (χ3v) is 3.90. The van der Waals surface area contributed by atoms with Gasteiger partial charge in [-0.1, -0.05) is 26.0 Å². The van der Waals surface area contributed by atoms with Crippen LogP contribution in [0.1, 0.15) is 52.0 Å². The Bertz CT molecular complexity index is 362. The van der Waals surface area contributed by atoms with Crippen molar-refractivity contribution in [3.05, 3.63) is 29.8 Å². The van der Waals surface area contributed by atoms with Gasteiger partial charge in [0.2, 0.25) is 0 Å². The lowest BCUT2D eigenvalue weighted by molar-refractivity contribution is 0.455. The van der Waals surface area contributed by atoms with E-state index in [9.17, 15) is 0 Å². The fourth-order valence-electron chi connectivity index (χ4n) is 2.62. The predicted octanol–water partition coefficient (Wildman–Crippen LogP) is 4.38. The van der Waals surface area contributed by atoms with Gasteiger partial charge in [-0.3, -0.25) is 0 Å². The van der Waals surface area contributed by atoms with Crippen LogP contribution in [0.25, 0.3) is 0 Å². The summed E-state index contributed by atoms with van der Waals surface area (Å²) in [5.74, 6) is 0. The van der Waals surface area contributed by atoms with E-state index in [0.717, 1.165) is 19.6 Å². The van der Waals surface area contributed by atoms with Gasteiger partial charge in [0.05, 0.1) is 0 Å². The van der Waals surface area contributed by atoms with Crippen molar-refractivity contribution >= 4 is 5.69 Å². The maximum absolute atomic E-state index is 3.64. The van der Waals surface area contributed by atoms with Crippen LogP contribution in [0.4, 0.5) is 5.69 Å². The Morgan fingerprint density at radius 3 is 2.60 bits per heavy atom. The summed E-state index contributed by atoms with van der Waals surface area (Å²) < 4.78 is 0. The molecule has 0 amide bonds. The Hall–Kier alpha value is -1.02. The molecule has 0 spiro atoms. The molecule has 1 aromatic rings. The molecule has 2 nitrogen and oxygen atoms in total. The van der Waals surface area contributed by atoms with E-state index < -0.39 is 0 Å². The molecule has 0 aromatic heterocycles. The number of aryl methyl sites for hydroxylation is 1. The molecule has 0 fully saturated rings. The maximum atomic E-state index is 3.64. The summed E-state index contributed by atoms with van der Waals surface area (Å²) in [6.45, 7) is 12.3. The highest BCUT2D eigenvalue weighted by Gasteiger charge is 2.08. The highest BCUT2D eigenvalue weighted by atomic mass is 15.1. The first-order valence-electron chi connectivity index (χ1n) is 8.26. The minimum Gasteiger partial charge on any atom is -0.372 e. The van der Waals surface area contributed by atoms with Crippen molar-refractivity contribution in [1.82, 2.24) is 5.32 Å². The third-order valence-electron chi connectivity index (χ3n) is 3.90. The van der Waals surface area contributed by atoms with Crippen molar-refractivity contribution in [2.75, 3.05) is 24.5 Å². The summed E-state index contributed by atoms with van der Waals surface area (Å²) >= 11 is 0. The smallest absolute Gasteiger partial charge is 0.0368 e. The zero-order valence-electron chi connectivity index (χ0n) is 13.8. The normalized spacial score (nSPS) is 12.4. The maximum Gasteiger partial charge on any atom is 0.0368 e. The van der Waals surface area contributed by atoms with Crippen molar-refractivity contribution in [2.45, 2.75) is 59.4 Å². The molecule has 0 saturated carbocycles. The summed E-state index contributed by atoms with van der Waals surface area (Å²) in [5.41, 5.74) is 2.71. The molecule has 1 N–H and O–H groups in total. The Morgan fingerprint density at radius 2 is 2.00 bits per heavy atom. The van der Waals surface area contributed by atoms with E-state index >= 15 is 0 Å². The topological polar surface area (TPSA) is 15.3 Å². The number of anilines is 1. The van der Waals surface area contributed by atoms with Gasteiger partial charge >= 0.3 is 0 Å². The first kappa shape index (κ1) is 17.0. The van der Waals surface area contributed by atoms with Crippen LogP contribution in [0, 0.1) is 6.92 Å². The molecule has 0 aliphatic rings. The predicted molar refractivity (Wildman–Crippen MR) is 90.7 cm³/mol. The van der Waals surface area contributed by atoms with Crippen molar-refractivity contribution in [2.24, 2.45) is 0 Å². The zero-order valence-corrected chi connectivity index (χ0v) is 13.8. The van der Waals surface area contributed by atoms with Gasteiger partial charge in [0.15, 0.2) is 0 Å². The van der Waals surface area contributed by atoms with E-state index in [0.29, 0.717) is 6.04 Å². The zero-order chi connectivity index (χ0) is 14.8. The highest BCUT2D eigenvalue weighted by molar-refractivity contribution is 5.48. The van der Waals surface area contributed by atoms with Crippen LogP contribution in [0.15, 0.2) is 24.3 Å². The van der Waals surface area contributed by atoms with Gasteiger partial charge in [-0.15, -0.1) is 0 Å². The van der Waals surface area contributed by atoms with Crippen molar-refractivity contribution < 1.29 is 0 Å². The molecule has 0 radical (unpaired) electrons. The molecule has 0 aliphatic carbocycles. The molecule has 2 heteroatoms. The lowest BCUT2D eigenvalue weighted by Crippen LogP contribution is -2.31. The largest absolute Gasteiger partial charge is 0.372 e. The lowest BCUT2D eigenvalue weighted by atomic mass is 10.1. The highest BCUT2D eigenvalue weighted by Crippen LogP contribution is 2.16. The van der Waals surface area contributed by atoms with E-state index in [1.165, 1.54) is 36.9 Å². The van der Waals surface area contributed by atoms with Crippen LogP contribution in [-0.2, 0) is 0 Å². The molecule has 114 valence electrons. The molecule has 0 heterocycles. The van der Waals surface area contributed by atoms with Crippen molar-refractivity contribution in [3.8, 4) is 0 Å². The van der Waals surface area contributed by atoms with Gasteiger partial charge in [-0.05, 0) is 63.8 Å². The second-order valence-corrected chi connectivity index (χ2v) is 5.62. The van der Waals surface area contributed by atoms with Crippen molar-refractivity contribution in [1.29, 1.82) is 0 Å². The fourth-order valence-corrected chi connectivity index (χ4v) is 2.62. The molecule has 1 aromatic carbocycles. The molecular weight excluding hydrogens is 244 g/mol. The summed E-state index contributed by atoms with van der Waals surface area (Å²) in [4.78, 5) is 2.49. The monoisotopic (exact) mass is 276 g/mol. The first-order chi connectivity index (χ1) is 9.71. The second kappa shape index (κ2) is 9.82. The van der Waals surface area contributed by atoms with E-state index in [-0.39, 0.29) is 0 Å². The standard InChI is InChI=1S/C18H32N2/c1-5-13-19-17(6-2)11-9-14-20(7-3)18-12-8-10-16(4)15-18/h8,10,12,15,17,19H,5-7,9,11,13-14H2,1-4H3. The van der Waals surface area contributed by atoms with E-state index in [1.807, 2.05) is 0 Å². The van der Waals surface area contributed by atoms with Crippen LogP contribution in [0.5, 0.6) is 0 Å². The van der Waals surface area contributed by atoms with Crippen molar-refractivity contribution in [3.63, 3.8) is 0 Å². The van der Waals surface area contributed by atoms with Crippen LogP contribution in [-0.4, -0.2) is 25.7 Å². The Labute approximate surface area is 125 Å². The summed E-state index contributed by atoms with van der Waals surface area (Å²) in [6.07, 6.45) is 4.99. The van der Waals surface area contributed by atoms with Gasteiger partial charge in [0, 0.05) is 24.8 Å². The quantitative estimate of drug-likeness (QED) is 0.682. The molecule has 0 aliphatic heterocycles. The number of nitrogens with one attached hydrogen (secondary N) is 1. The van der Waals surface area contributed by atoms with Gasteiger partial charge in [-0.25, -0.2) is 0 Å². The Balaban J connectivity index is 2.41. The molecule has 1 unspecified atom stereocenters. The molecule has 1 rings (SSSR count). The molecule has 0 bridgehead atoms. The van der Waals surface area contributed by atoms with E-state index in [4.69, 9.17) is 0 Å². The average molecular weight is 276 g/mol. The van der Waals surface area contributed by atoms with Gasteiger partial charge in [-0.2, -0.15) is 0 Å². The Morgan fingerprint density at radius 1 is 1.20 bits per heavy atom. The molecule has 1 atom stereocenters. The average Bonchev–Trinajstić information content (AvgIpc) is 2.46. The van der Waals surface area contributed by atoms with Crippen LogP contribution < -0.4 is 10.2 Å². The lowest BCUT2D eigenvalue weighted by Gasteiger charge is -2.25. The third kappa shape index (κ3) is 5.96. The summed E-state index contributed by atoms with van der Waals surface area (Å²) in [7, 11) is 0. The number of benzene rings is 1. The van der Waals surface area contributed by atoms with E-state index in [2.05, 4.69) is 62.2 Å². The molecule has 0 saturated heterocycles. The number of hydrogen-bond acceptors (Lipinski definition) is 2. The SMILES string of the molecule is CCCNC(CC)CCCN(CC)c1cccc(C)c1. The number of rotatable bonds is 10. The van der Waals surface area contributed by atoms with Crippen LogP contribution >= 0.6 is 0 Å². The molecule has 20 heavy (non-hydrogen) atoms. The Kier molecular flexibility index (Phi) is 8.36. The fraction of sp³-hybridized carbons (Fsp3) is 0.667. The molecular formula is C18H32N2. The minimum absolute atomic E-state index is 0.686. The van der Waals surface area contributed by atoms with Gasteiger partial charge in [0.1, 0.15) is 0 Å². The second-order valence-electron chi connectivity index (χ2n) is 5.62. The first-order valence-corrected chi connectivity index (χ1v) is 8.26. The minimum atomic E-state index is 0.686. The van der Waals surface area contributed by atoms with Crippen LogP contribution in [0.2, 0.25) is 0 Å². The van der Waals surface area contributed by atoms with E-state index in [1.54, 1.807) is 0 Å². The number of hydrogen-bond donors (Lipinski definition) is 1. The summed E-state index contributed by atoms with van der Waals surface area (Å²) in [5, 5.41) is 3.64. The van der Waals surface area contributed by atoms with Gasteiger partial charge < -0.3 is 10.2 Å². The van der Waals surface area contributed by atoms with Crippen LogP contribution in [0.3, 0.4) is 0 Å². The summed E-state index contributed by atoms with van der Waals surface area (Å²) in [6, 6.07) is 9.52.